The molecule has 0 radical (unpaired) electrons. The minimum atomic E-state index is -0.329. The van der Waals surface area contributed by atoms with Crippen molar-refractivity contribution in [3.8, 4) is 0 Å². The van der Waals surface area contributed by atoms with E-state index in [1.54, 1.807) is 12.1 Å². The highest BCUT2D eigenvalue weighted by molar-refractivity contribution is 5.83. The third kappa shape index (κ3) is 1.08. The second-order valence-corrected chi connectivity index (χ2v) is 1.99. The fourth-order valence-corrected chi connectivity index (χ4v) is 0.757. The van der Waals surface area contributed by atoms with Crippen molar-refractivity contribution in [3.63, 3.8) is 0 Å². The standard InChI is InChI=1S/C5H9N3O/c1-4-6-5(3-9)8(2)7-4/h3,5H,1-2H3,(H,6,7). The number of aldehydes is 1. The molecule has 0 aromatic heterocycles. The van der Waals surface area contributed by atoms with Crippen LogP contribution in [0.15, 0.2) is 4.99 Å². The molecular formula is C5H9N3O. The monoisotopic (exact) mass is 127 g/mol. The lowest BCUT2D eigenvalue weighted by Crippen LogP contribution is -2.37. The molecular weight excluding hydrogens is 118 g/mol. The van der Waals surface area contributed by atoms with Crippen LogP contribution in [0.2, 0.25) is 0 Å². The maximum atomic E-state index is 10.2. The van der Waals surface area contributed by atoms with Gasteiger partial charge in [-0.25, -0.2) is 4.99 Å². The Balaban J connectivity index is 2.63. The molecule has 1 unspecified atom stereocenters. The van der Waals surface area contributed by atoms with Gasteiger partial charge in [-0.1, -0.05) is 0 Å². The lowest BCUT2D eigenvalue weighted by Gasteiger charge is -2.10. The zero-order valence-electron chi connectivity index (χ0n) is 5.46. The number of hydrogen-bond acceptors (Lipinski definition) is 4. The normalized spacial score (nSPS) is 27.3. The second kappa shape index (κ2) is 2.14. The summed E-state index contributed by atoms with van der Waals surface area (Å²) in [7, 11) is 1.78. The minimum Gasteiger partial charge on any atom is -0.305 e. The maximum absolute atomic E-state index is 10.2. The van der Waals surface area contributed by atoms with Crippen molar-refractivity contribution in [2.75, 3.05) is 7.05 Å². The molecule has 1 aliphatic rings. The van der Waals surface area contributed by atoms with Crippen LogP contribution < -0.4 is 5.43 Å². The summed E-state index contributed by atoms with van der Waals surface area (Å²) in [6.45, 7) is 1.82. The van der Waals surface area contributed by atoms with Gasteiger partial charge in [0.2, 0.25) is 0 Å². The van der Waals surface area contributed by atoms with Gasteiger partial charge in [-0.05, 0) is 6.92 Å². The zero-order valence-corrected chi connectivity index (χ0v) is 5.46. The second-order valence-electron chi connectivity index (χ2n) is 1.99. The summed E-state index contributed by atoms with van der Waals surface area (Å²) in [5.74, 6) is 0.787. The third-order valence-electron chi connectivity index (χ3n) is 1.18. The lowest BCUT2D eigenvalue weighted by atomic mass is 10.6. The molecule has 0 saturated heterocycles. The number of aliphatic imine (C=N–C) groups is 1. The van der Waals surface area contributed by atoms with Crippen molar-refractivity contribution in [2.24, 2.45) is 4.99 Å². The van der Waals surface area contributed by atoms with Gasteiger partial charge in [-0.2, -0.15) is 5.01 Å². The van der Waals surface area contributed by atoms with Gasteiger partial charge in [-0.3, -0.25) is 4.79 Å². The molecule has 0 bridgehead atoms. The molecule has 50 valence electrons. The molecule has 0 amide bonds. The van der Waals surface area contributed by atoms with E-state index in [1.807, 2.05) is 6.92 Å². The molecule has 1 aliphatic heterocycles. The first-order valence-electron chi connectivity index (χ1n) is 2.73. The Labute approximate surface area is 53.5 Å². The lowest BCUT2D eigenvalue weighted by molar-refractivity contribution is -0.111. The molecule has 1 heterocycles. The molecule has 0 fully saturated rings. The van der Waals surface area contributed by atoms with Crippen LogP contribution in [0.3, 0.4) is 0 Å². The first-order valence-corrected chi connectivity index (χ1v) is 2.73. The van der Waals surface area contributed by atoms with Crippen LogP contribution in [0, 0.1) is 0 Å². The van der Waals surface area contributed by atoms with Crippen molar-refractivity contribution in [3.05, 3.63) is 0 Å². The summed E-state index contributed by atoms with van der Waals surface area (Å²) >= 11 is 0. The van der Waals surface area contributed by atoms with Crippen molar-refractivity contribution >= 4 is 12.1 Å². The summed E-state index contributed by atoms with van der Waals surface area (Å²) in [5.41, 5.74) is 2.87. The van der Waals surface area contributed by atoms with Gasteiger partial charge in [0.05, 0.1) is 0 Å². The first-order chi connectivity index (χ1) is 4.24. The predicted molar refractivity (Wildman–Crippen MR) is 33.9 cm³/mol. The Morgan fingerprint density at radius 1 is 1.89 bits per heavy atom. The maximum Gasteiger partial charge on any atom is 0.176 e. The van der Waals surface area contributed by atoms with Gasteiger partial charge in [0.15, 0.2) is 12.5 Å². The summed E-state index contributed by atoms with van der Waals surface area (Å²) in [4.78, 5) is 14.1. The van der Waals surface area contributed by atoms with Crippen molar-refractivity contribution in [1.82, 2.24) is 10.4 Å². The topological polar surface area (TPSA) is 44.7 Å². The van der Waals surface area contributed by atoms with Crippen LogP contribution in [0.4, 0.5) is 0 Å². The number of nitrogens with zero attached hydrogens (tertiary/aromatic N) is 2. The van der Waals surface area contributed by atoms with E-state index >= 15 is 0 Å². The van der Waals surface area contributed by atoms with Crippen LogP contribution >= 0.6 is 0 Å². The molecule has 0 aromatic carbocycles. The highest BCUT2D eigenvalue weighted by atomic mass is 16.1. The molecule has 1 rings (SSSR count). The van der Waals surface area contributed by atoms with Gasteiger partial charge in [0.25, 0.3) is 0 Å². The van der Waals surface area contributed by atoms with Crippen LogP contribution in [-0.2, 0) is 4.79 Å². The number of hydrazine groups is 1. The van der Waals surface area contributed by atoms with E-state index in [2.05, 4.69) is 10.4 Å². The number of hydrogen-bond donors (Lipinski definition) is 1. The molecule has 1 N–H and O–H groups in total. The zero-order chi connectivity index (χ0) is 6.85. The van der Waals surface area contributed by atoms with E-state index in [-0.39, 0.29) is 6.17 Å². The Kier molecular flexibility index (Phi) is 1.48. The number of likely N-dealkylation sites (N-methyl/N-ethyl adjacent to an activating group) is 1. The van der Waals surface area contributed by atoms with Gasteiger partial charge in [0.1, 0.15) is 5.84 Å². The highest BCUT2D eigenvalue weighted by Crippen LogP contribution is 1.98. The summed E-state index contributed by atoms with van der Waals surface area (Å²) in [5, 5.41) is 1.66. The average Bonchev–Trinajstić information content (AvgIpc) is 2.10. The number of nitrogens with one attached hydrogen (secondary N) is 1. The average molecular weight is 127 g/mol. The van der Waals surface area contributed by atoms with Crippen LogP contribution in [-0.4, -0.2) is 30.3 Å². The molecule has 4 nitrogen and oxygen atoms in total. The molecule has 0 saturated carbocycles. The highest BCUT2D eigenvalue weighted by Gasteiger charge is 2.17. The molecule has 4 heteroatoms. The summed E-state index contributed by atoms with van der Waals surface area (Å²) < 4.78 is 0. The number of amidine groups is 1. The predicted octanol–water partition coefficient (Wildman–Crippen LogP) is -0.620. The fourth-order valence-electron chi connectivity index (χ4n) is 0.757. The largest absolute Gasteiger partial charge is 0.305 e. The van der Waals surface area contributed by atoms with E-state index in [0.717, 1.165) is 12.1 Å². The van der Waals surface area contributed by atoms with Gasteiger partial charge in [0, 0.05) is 7.05 Å². The van der Waals surface area contributed by atoms with Crippen molar-refractivity contribution in [2.45, 2.75) is 13.1 Å². The fraction of sp³-hybridized carbons (Fsp3) is 0.600. The summed E-state index contributed by atoms with van der Waals surface area (Å²) in [6.07, 6.45) is 0.466. The van der Waals surface area contributed by atoms with E-state index in [1.165, 1.54) is 0 Å². The molecule has 0 aliphatic carbocycles. The smallest absolute Gasteiger partial charge is 0.176 e. The first kappa shape index (κ1) is 6.22. The van der Waals surface area contributed by atoms with E-state index in [0.29, 0.717) is 0 Å². The van der Waals surface area contributed by atoms with Crippen LogP contribution in [0.25, 0.3) is 0 Å². The van der Waals surface area contributed by atoms with Gasteiger partial charge in [-0.15, -0.1) is 0 Å². The van der Waals surface area contributed by atoms with Crippen molar-refractivity contribution in [1.29, 1.82) is 0 Å². The Morgan fingerprint density at radius 2 is 2.56 bits per heavy atom. The SMILES string of the molecule is CC1=NC(C=O)N(C)N1. The van der Waals surface area contributed by atoms with E-state index in [9.17, 15) is 4.79 Å². The van der Waals surface area contributed by atoms with E-state index < -0.39 is 0 Å². The van der Waals surface area contributed by atoms with Gasteiger partial charge >= 0.3 is 0 Å². The molecule has 0 aromatic rings. The number of carbonyl (C=O) groups is 1. The quantitative estimate of drug-likeness (QED) is 0.477. The van der Waals surface area contributed by atoms with Crippen LogP contribution in [0.5, 0.6) is 0 Å². The molecule has 0 spiro atoms. The van der Waals surface area contributed by atoms with Crippen LogP contribution in [0.1, 0.15) is 6.92 Å². The Bertz CT molecular complexity index is 154. The molecule has 1 atom stereocenters. The Hall–Kier alpha value is -0.900. The number of carbonyl (C=O) groups excluding carboxylic acids is 1. The van der Waals surface area contributed by atoms with E-state index in [4.69, 9.17) is 0 Å². The number of rotatable bonds is 1. The minimum absolute atomic E-state index is 0.329. The van der Waals surface area contributed by atoms with Crippen molar-refractivity contribution < 1.29 is 4.79 Å². The summed E-state index contributed by atoms with van der Waals surface area (Å²) in [6, 6.07) is 0. The third-order valence-corrected chi connectivity index (χ3v) is 1.18. The van der Waals surface area contributed by atoms with Gasteiger partial charge < -0.3 is 5.43 Å². The molecule has 9 heavy (non-hydrogen) atoms. The Morgan fingerprint density at radius 3 is 2.78 bits per heavy atom.